The number of nitrogens with zero attached hydrogens (tertiary/aromatic N) is 2. The number of piperazine rings is 1. The zero-order valence-corrected chi connectivity index (χ0v) is 13.1. The number of carbonyl (C=O) groups excluding carboxylic acids is 2. The van der Waals surface area contributed by atoms with Crippen LogP contribution >= 0.6 is 0 Å². The van der Waals surface area contributed by atoms with Gasteiger partial charge >= 0.3 is 0 Å². The fourth-order valence-corrected chi connectivity index (χ4v) is 2.76. The smallest absolute Gasteiger partial charge is 0.255 e. The van der Waals surface area contributed by atoms with E-state index in [9.17, 15) is 14.0 Å². The van der Waals surface area contributed by atoms with E-state index in [-0.39, 0.29) is 11.8 Å². The quantitative estimate of drug-likeness (QED) is 0.897. The second-order valence-corrected chi connectivity index (χ2v) is 5.43. The third-order valence-electron chi connectivity index (χ3n) is 3.90. The monoisotopic (exact) mass is 328 g/mol. The van der Waals surface area contributed by atoms with Gasteiger partial charge in [-0.25, -0.2) is 9.37 Å². The highest BCUT2D eigenvalue weighted by atomic mass is 19.1. The Kier molecular flexibility index (Phi) is 4.41. The molecule has 1 fully saturated rings. The van der Waals surface area contributed by atoms with E-state index < -0.39 is 11.9 Å². The first-order valence-corrected chi connectivity index (χ1v) is 7.58. The summed E-state index contributed by atoms with van der Waals surface area (Å²) in [7, 11) is 1.71. The van der Waals surface area contributed by atoms with Crippen molar-refractivity contribution in [1.82, 2.24) is 15.2 Å². The second-order valence-electron chi connectivity index (χ2n) is 5.43. The molecule has 1 aromatic carbocycles. The highest BCUT2D eigenvalue weighted by Crippen LogP contribution is 2.26. The van der Waals surface area contributed by atoms with Gasteiger partial charge < -0.3 is 15.5 Å². The number of anilines is 1. The van der Waals surface area contributed by atoms with Crippen LogP contribution < -0.4 is 10.6 Å². The first-order valence-electron chi connectivity index (χ1n) is 7.58. The summed E-state index contributed by atoms with van der Waals surface area (Å²) in [6.07, 6.45) is 1.53. The molecule has 2 heterocycles. The van der Waals surface area contributed by atoms with E-state index in [1.807, 2.05) is 0 Å². The molecule has 3 rings (SSSR count). The maximum Gasteiger partial charge on any atom is 0.255 e. The van der Waals surface area contributed by atoms with Crippen molar-refractivity contribution in [2.75, 3.05) is 25.5 Å². The molecular weight excluding hydrogens is 311 g/mol. The molecule has 0 spiro atoms. The molecule has 0 aliphatic carbocycles. The summed E-state index contributed by atoms with van der Waals surface area (Å²) in [6.45, 7) is 0.712. The molecule has 2 amide bonds. The zero-order valence-electron chi connectivity index (χ0n) is 13.1. The molecule has 6 nitrogen and oxygen atoms in total. The van der Waals surface area contributed by atoms with Gasteiger partial charge in [-0.05, 0) is 29.8 Å². The van der Waals surface area contributed by atoms with Gasteiger partial charge in [0.05, 0.1) is 0 Å². The van der Waals surface area contributed by atoms with E-state index in [0.717, 1.165) is 0 Å². The van der Waals surface area contributed by atoms with E-state index >= 15 is 0 Å². The van der Waals surface area contributed by atoms with E-state index in [1.165, 1.54) is 29.3 Å². The Hall–Kier alpha value is -2.96. The fraction of sp³-hybridized carbons (Fsp3) is 0.235. The highest BCUT2D eigenvalue weighted by molar-refractivity contribution is 5.99. The van der Waals surface area contributed by atoms with Crippen LogP contribution in [0, 0.1) is 5.82 Å². The van der Waals surface area contributed by atoms with Crippen LogP contribution in [-0.4, -0.2) is 41.8 Å². The summed E-state index contributed by atoms with van der Waals surface area (Å²) in [5.74, 6) is -0.495. The summed E-state index contributed by atoms with van der Waals surface area (Å²) in [6, 6.07) is 8.12. The van der Waals surface area contributed by atoms with Crippen molar-refractivity contribution in [2.45, 2.75) is 6.04 Å². The minimum Gasteiger partial charge on any atom is -0.373 e. The topological polar surface area (TPSA) is 74.3 Å². The van der Waals surface area contributed by atoms with Crippen molar-refractivity contribution in [3.05, 3.63) is 59.5 Å². The molecule has 24 heavy (non-hydrogen) atoms. The van der Waals surface area contributed by atoms with Crippen LogP contribution in [0.1, 0.15) is 22.0 Å². The first-order chi connectivity index (χ1) is 11.6. The Morgan fingerprint density at radius 3 is 2.96 bits per heavy atom. The van der Waals surface area contributed by atoms with Crippen LogP contribution in [-0.2, 0) is 4.79 Å². The van der Waals surface area contributed by atoms with E-state index in [4.69, 9.17) is 0 Å². The Labute approximate surface area is 138 Å². The Balaban J connectivity index is 1.96. The molecule has 1 aromatic heterocycles. The lowest BCUT2D eigenvalue weighted by molar-refractivity contribution is -0.128. The zero-order chi connectivity index (χ0) is 17.1. The standard InChI is InChI=1S/C17H17FN4O2/c1-19-14-10-12(5-6-20-14)17(24)22-8-7-21-16(23)15(22)11-3-2-4-13(18)9-11/h2-6,9-10,15H,7-8H2,1H3,(H,19,20)(H,21,23). The molecular formula is C17H17FN4O2. The second kappa shape index (κ2) is 6.66. The lowest BCUT2D eigenvalue weighted by atomic mass is 10.0. The Morgan fingerprint density at radius 2 is 2.21 bits per heavy atom. The van der Waals surface area contributed by atoms with Crippen LogP contribution in [0.5, 0.6) is 0 Å². The number of rotatable bonds is 3. The van der Waals surface area contributed by atoms with Crippen molar-refractivity contribution < 1.29 is 14.0 Å². The van der Waals surface area contributed by atoms with Gasteiger partial charge in [0.1, 0.15) is 17.7 Å². The molecule has 1 unspecified atom stereocenters. The summed E-state index contributed by atoms with van der Waals surface area (Å²) in [5, 5.41) is 5.60. The predicted molar refractivity (Wildman–Crippen MR) is 87.0 cm³/mol. The van der Waals surface area contributed by atoms with Gasteiger partial charge in [0.15, 0.2) is 0 Å². The lowest BCUT2D eigenvalue weighted by Gasteiger charge is -2.35. The predicted octanol–water partition coefficient (Wildman–Crippen LogP) is 1.58. The van der Waals surface area contributed by atoms with Crippen LogP contribution in [0.25, 0.3) is 0 Å². The van der Waals surface area contributed by atoms with Gasteiger partial charge in [-0.3, -0.25) is 9.59 Å². The Morgan fingerprint density at radius 1 is 1.38 bits per heavy atom. The largest absolute Gasteiger partial charge is 0.373 e. The molecule has 1 atom stereocenters. The van der Waals surface area contributed by atoms with Crippen molar-refractivity contribution in [1.29, 1.82) is 0 Å². The van der Waals surface area contributed by atoms with Crippen molar-refractivity contribution >= 4 is 17.6 Å². The number of pyridine rings is 1. The van der Waals surface area contributed by atoms with Gasteiger partial charge in [-0.15, -0.1) is 0 Å². The van der Waals surface area contributed by atoms with Gasteiger partial charge in [0.2, 0.25) is 5.91 Å². The van der Waals surface area contributed by atoms with Crippen molar-refractivity contribution in [3.63, 3.8) is 0 Å². The first kappa shape index (κ1) is 15.9. The molecule has 2 N–H and O–H groups in total. The third kappa shape index (κ3) is 3.05. The van der Waals surface area contributed by atoms with Gasteiger partial charge in [0.25, 0.3) is 5.91 Å². The molecule has 0 saturated carbocycles. The summed E-state index contributed by atoms with van der Waals surface area (Å²) in [4.78, 5) is 30.7. The van der Waals surface area contributed by atoms with E-state index in [0.29, 0.717) is 30.0 Å². The van der Waals surface area contributed by atoms with Gasteiger partial charge in [-0.1, -0.05) is 12.1 Å². The Bertz CT molecular complexity index is 781. The molecule has 2 aromatic rings. The highest BCUT2D eigenvalue weighted by Gasteiger charge is 2.35. The molecule has 1 aliphatic rings. The minimum absolute atomic E-state index is 0.294. The van der Waals surface area contributed by atoms with Crippen molar-refractivity contribution in [3.8, 4) is 0 Å². The third-order valence-corrected chi connectivity index (χ3v) is 3.90. The maximum absolute atomic E-state index is 13.5. The maximum atomic E-state index is 13.5. The number of amides is 2. The average Bonchev–Trinajstić information content (AvgIpc) is 2.61. The number of benzene rings is 1. The number of halogens is 1. The number of hydrogen-bond acceptors (Lipinski definition) is 4. The lowest BCUT2D eigenvalue weighted by Crippen LogP contribution is -2.52. The van der Waals surface area contributed by atoms with E-state index in [1.54, 1.807) is 25.2 Å². The number of nitrogens with one attached hydrogen (secondary N) is 2. The van der Waals surface area contributed by atoms with E-state index in [2.05, 4.69) is 15.6 Å². The van der Waals surface area contributed by atoms with Crippen molar-refractivity contribution in [2.24, 2.45) is 0 Å². The number of hydrogen-bond donors (Lipinski definition) is 2. The van der Waals surface area contributed by atoms with Crippen LogP contribution in [0.15, 0.2) is 42.6 Å². The van der Waals surface area contributed by atoms with Crippen LogP contribution in [0.2, 0.25) is 0 Å². The molecule has 0 radical (unpaired) electrons. The molecule has 1 aliphatic heterocycles. The fourth-order valence-electron chi connectivity index (χ4n) is 2.76. The summed E-state index contributed by atoms with van der Waals surface area (Å²) >= 11 is 0. The van der Waals surface area contributed by atoms with Crippen LogP contribution in [0.4, 0.5) is 10.2 Å². The SMILES string of the molecule is CNc1cc(C(=O)N2CCNC(=O)C2c2cccc(F)c2)ccn1. The van der Waals surface area contributed by atoms with Gasteiger partial charge in [0, 0.05) is 31.9 Å². The van der Waals surface area contributed by atoms with Crippen LogP contribution in [0.3, 0.4) is 0 Å². The molecule has 1 saturated heterocycles. The normalized spacial score (nSPS) is 17.3. The number of aromatic nitrogens is 1. The number of carbonyl (C=O) groups is 2. The average molecular weight is 328 g/mol. The minimum atomic E-state index is -0.854. The van der Waals surface area contributed by atoms with Gasteiger partial charge in [-0.2, -0.15) is 0 Å². The molecule has 7 heteroatoms. The molecule has 124 valence electrons. The summed E-state index contributed by atoms with van der Waals surface area (Å²) in [5.41, 5.74) is 0.869. The summed E-state index contributed by atoms with van der Waals surface area (Å²) < 4.78 is 13.5. The molecule has 0 bridgehead atoms.